The van der Waals surface area contributed by atoms with E-state index in [1.165, 1.54) is 26.1 Å². The second-order valence-corrected chi connectivity index (χ2v) is 6.06. The topological polar surface area (TPSA) is 24.5 Å². The van der Waals surface area contributed by atoms with Crippen molar-refractivity contribution >= 4 is 0 Å². The summed E-state index contributed by atoms with van der Waals surface area (Å²) in [6.07, 6.45) is 1.21. The Morgan fingerprint density at radius 2 is 1.82 bits per heavy atom. The summed E-state index contributed by atoms with van der Waals surface area (Å²) in [6, 6.07) is 0.561. The summed E-state index contributed by atoms with van der Waals surface area (Å²) < 4.78 is 5.50. The van der Waals surface area contributed by atoms with E-state index in [1.54, 1.807) is 0 Å². The predicted octanol–water partition coefficient (Wildman–Crippen LogP) is 1.98. The molecule has 102 valence electrons. The van der Waals surface area contributed by atoms with Crippen LogP contribution in [0.15, 0.2) is 0 Å². The molecule has 1 N–H and O–H groups in total. The Morgan fingerprint density at radius 3 is 2.29 bits per heavy atom. The summed E-state index contributed by atoms with van der Waals surface area (Å²) >= 11 is 0. The lowest BCUT2D eigenvalue weighted by molar-refractivity contribution is 0.0686. The monoisotopic (exact) mass is 242 g/mol. The van der Waals surface area contributed by atoms with Gasteiger partial charge in [-0.05, 0) is 24.8 Å². The highest BCUT2D eigenvalue weighted by Gasteiger charge is 2.15. The van der Waals surface area contributed by atoms with E-state index in [1.807, 2.05) is 0 Å². The van der Waals surface area contributed by atoms with E-state index in [0.717, 1.165) is 31.6 Å². The SMILES string of the molecule is CC(C)CN(CCC1COCCN1)CC(C)C. The fourth-order valence-electron chi connectivity index (χ4n) is 2.43. The molecule has 0 aromatic heterocycles. The summed E-state index contributed by atoms with van der Waals surface area (Å²) in [6.45, 7) is 15.6. The molecule has 0 amide bonds. The smallest absolute Gasteiger partial charge is 0.0620 e. The van der Waals surface area contributed by atoms with Crippen LogP contribution in [0.1, 0.15) is 34.1 Å². The number of hydrogen-bond acceptors (Lipinski definition) is 3. The van der Waals surface area contributed by atoms with Gasteiger partial charge in [-0.1, -0.05) is 27.7 Å². The van der Waals surface area contributed by atoms with Gasteiger partial charge in [0.25, 0.3) is 0 Å². The van der Waals surface area contributed by atoms with Crippen molar-refractivity contribution in [2.45, 2.75) is 40.2 Å². The number of nitrogens with zero attached hydrogens (tertiary/aromatic N) is 1. The van der Waals surface area contributed by atoms with Gasteiger partial charge in [-0.2, -0.15) is 0 Å². The van der Waals surface area contributed by atoms with Crippen LogP contribution in [-0.2, 0) is 4.74 Å². The molecule has 1 rings (SSSR count). The van der Waals surface area contributed by atoms with Gasteiger partial charge >= 0.3 is 0 Å². The molecule has 0 aromatic rings. The Hall–Kier alpha value is -0.120. The Morgan fingerprint density at radius 1 is 1.18 bits per heavy atom. The Balaban J connectivity index is 2.26. The third-order valence-corrected chi connectivity index (χ3v) is 3.04. The predicted molar refractivity (Wildman–Crippen MR) is 73.3 cm³/mol. The molecule has 0 bridgehead atoms. The fourth-order valence-corrected chi connectivity index (χ4v) is 2.43. The van der Waals surface area contributed by atoms with E-state index >= 15 is 0 Å². The molecule has 1 unspecified atom stereocenters. The van der Waals surface area contributed by atoms with Gasteiger partial charge in [-0.25, -0.2) is 0 Å². The van der Waals surface area contributed by atoms with Crippen molar-refractivity contribution in [2.24, 2.45) is 11.8 Å². The van der Waals surface area contributed by atoms with Crippen LogP contribution in [0.5, 0.6) is 0 Å². The highest BCUT2D eigenvalue weighted by Crippen LogP contribution is 2.07. The lowest BCUT2D eigenvalue weighted by Gasteiger charge is -2.29. The molecule has 0 spiro atoms. The van der Waals surface area contributed by atoms with E-state index in [9.17, 15) is 0 Å². The van der Waals surface area contributed by atoms with Crippen LogP contribution in [-0.4, -0.2) is 50.3 Å². The van der Waals surface area contributed by atoms with Gasteiger partial charge in [-0.3, -0.25) is 0 Å². The summed E-state index contributed by atoms with van der Waals surface area (Å²) in [5.41, 5.74) is 0. The van der Waals surface area contributed by atoms with Crippen LogP contribution in [0.25, 0.3) is 0 Å². The van der Waals surface area contributed by atoms with Gasteiger partial charge < -0.3 is 15.0 Å². The van der Waals surface area contributed by atoms with Crippen molar-refractivity contribution in [1.82, 2.24) is 10.2 Å². The molecule has 1 aliphatic rings. The molecule has 0 radical (unpaired) electrons. The van der Waals surface area contributed by atoms with E-state index in [0.29, 0.717) is 6.04 Å². The van der Waals surface area contributed by atoms with Crippen molar-refractivity contribution in [1.29, 1.82) is 0 Å². The van der Waals surface area contributed by atoms with Crippen molar-refractivity contribution < 1.29 is 4.74 Å². The van der Waals surface area contributed by atoms with Gasteiger partial charge in [0.05, 0.1) is 13.2 Å². The third-order valence-electron chi connectivity index (χ3n) is 3.04. The minimum Gasteiger partial charge on any atom is -0.379 e. The molecule has 1 saturated heterocycles. The summed E-state index contributed by atoms with van der Waals surface area (Å²) in [5, 5.41) is 3.53. The van der Waals surface area contributed by atoms with Crippen molar-refractivity contribution in [2.75, 3.05) is 39.4 Å². The first-order valence-electron chi connectivity index (χ1n) is 7.11. The van der Waals surface area contributed by atoms with Gasteiger partial charge in [0.15, 0.2) is 0 Å². The van der Waals surface area contributed by atoms with Crippen LogP contribution in [0.2, 0.25) is 0 Å². The molecule has 3 heteroatoms. The third kappa shape index (κ3) is 7.02. The average molecular weight is 242 g/mol. The molecule has 0 aromatic carbocycles. The van der Waals surface area contributed by atoms with Gasteiger partial charge in [0.1, 0.15) is 0 Å². The van der Waals surface area contributed by atoms with E-state index in [-0.39, 0.29) is 0 Å². The van der Waals surface area contributed by atoms with Gasteiger partial charge in [-0.15, -0.1) is 0 Å². The molecule has 17 heavy (non-hydrogen) atoms. The molecule has 1 atom stereocenters. The molecular weight excluding hydrogens is 212 g/mol. The molecule has 1 aliphatic heterocycles. The number of nitrogens with one attached hydrogen (secondary N) is 1. The van der Waals surface area contributed by atoms with Crippen LogP contribution in [0.4, 0.5) is 0 Å². The van der Waals surface area contributed by atoms with E-state index in [2.05, 4.69) is 37.9 Å². The first-order chi connectivity index (χ1) is 8.08. The molecule has 3 nitrogen and oxygen atoms in total. The summed E-state index contributed by atoms with van der Waals surface area (Å²) in [7, 11) is 0. The Labute approximate surface area is 107 Å². The highest BCUT2D eigenvalue weighted by molar-refractivity contribution is 4.73. The maximum atomic E-state index is 5.50. The number of rotatable bonds is 7. The lowest BCUT2D eigenvalue weighted by Crippen LogP contribution is -2.44. The van der Waals surface area contributed by atoms with Crippen LogP contribution < -0.4 is 5.32 Å². The number of hydrogen-bond donors (Lipinski definition) is 1. The maximum absolute atomic E-state index is 5.50. The van der Waals surface area contributed by atoms with Crippen LogP contribution >= 0.6 is 0 Å². The maximum Gasteiger partial charge on any atom is 0.0620 e. The Bertz CT molecular complexity index is 179. The standard InChI is InChI=1S/C14H30N2O/c1-12(2)9-16(10-13(3)4)7-5-14-11-17-8-6-15-14/h12-15H,5-11H2,1-4H3. The number of morpholine rings is 1. The van der Waals surface area contributed by atoms with Crippen LogP contribution in [0, 0.1) is 11.8 Å². The van der Waals surface area contributed by atoms with Crippen molar-refractivity contribution in [3.63, 3.8) is 0 Å². The molecule has 0 aliphatic carbocycles. The van der Waals surface area contributed by atoms with E-state index < -0.39 is 0 Å². The average Bonchev–Trinajstić information content (AvgIpc) is 2.26. The minimum atomic E-state index is 0.561. The normalized spacial score (nSPS) is 21.7. The quantitative estimate of drug-likeness (QED) is 0.739. The number of ether oxygens (including phenoxy) is 1. The van der Waals surface area contributed by atoms with Crippen LogP contribution in [0.3, 0.4) is 0 Å². The molecule has 1 fully saturated rings. The largest absolute Gasteiger partial charge is 0.379 e. The van der Waals surface area contributed by atoms with E-state index in [4.69, 9.17) is 4.74 Å². The van der Waals surface area contributed by atoms with Crippen molar-refractivity contribution in [3.8, 4) is 0 Å². The summed E-state index contributed by atoms with van der Waals surface area (Å²) in [4.78, 5) is 2.60. The lowest BCUT2D eigenvalue weighted by atomic mass is 10.1. The zero-order valence-electron chi connectivity index (χ0n) is 12.0. The molecule has 1 heterocycles. The zero-order valence-corrected chi connectivity index (χ0v) is 12.0. The minimum absolute atomic E-state index is 0.561. The molecule has 0 saturated carbocycles. The van der Waals surface area contributed by atoms with Crippen molar-refractivity contribution in [3.05, 3.63) is 0 Å². The first-order valence-corrected chi connectivity index (χ1v) is 7.11. The fraction of sp³-hybridized carbons (Fsp3) is 1.00. The Kier molecular flexibility index (Phi) is 7.09. The molecular formula is C14H30N2O. The summed E-state index contributed by atoms with van der Waals surface area (Å²) in [5.74, 6) is 1.51. The van der Waals surface area contributed by atoms with Gasteiger partial charge in [0.2, 0.25) is 0 Å². The second kappa shape index (κ2) is 8.06. The highest BCUT2D eigenvalue weighted by atomic mass is 16.5. The van der Waals surface area contributed by atoms with Gasteiger partial charge in [0, 0.05) is 25.7 Å². The second-order valence-electron chi connectivity index (χ2n) is 6.06. The first kappa shape index (κ1) is 14.9. The zero-order chi connectivity index (χ0) is 12.7.